The topological polar surface area (TPSA) is 34.9 Å². The van der Waals surface area contributed by atoms with Crippen LogP contribution in [0, 0.1) is 19.8 Å². The Labute approximate surface area is 146 Å². The van der Waals surface area contributed by atoms with Crippen LogP contribution in [0.1, 0.15) is 25.0 Å². The molecule has 4 heteroatoms. The Balaban J connectivity index is 2.31. The van der Waals surface area contributed by atoms with Crippen LogP contribution in [0.2, 0.25) is 0 Å². The first-order valence-electron chi connectivity index (χ1n) is 8.20. The number of hydrogen-bond acceptors (Lipinski definition) is 3. The van der Waals surface area contributed by atoms with E-state index in [4.69, 9.17) is 4.98 Å². The standard InChI is InChI=1S/C20H22N2OS/c1-13(2)12-24-20-21-17-10-6-5-9-16(17)19(23)22(20)18-11-7-8-14(3)15(18)4/h5-11,13H,12H2,1-4H3. The molecule has 3 rings (SSSR count). The average Bonchev–Trinajstić information content (AvgIpc) is 2.56. The Bertz CT molecular complexity index is 944. The van der Waals surface area contributed by atoms with E-state index >= 15 is 0 Å². The summed E-state index contributed by atoms with van der Waals surface area (Å²) in [5, 5.41) is 1.42. The Morgan fingerprint density at radius 3 is 2.58 bits per heavy atom. The summed E-state index contributed by atoms with van der Waals surface area (Å²) in [5.41, 5.74) is 3.97. The number of para-hydroxylation sites is 1. The molecule has 0 bridgehead atoms. The van der Waals surface area contributed by atoms with Gasteiger partial charge in [0.2, 0.25) is 0 Å². The van der Waals surface area contributed by atoms with Crippen molar-refractivity contribution >= 4 is 22.7 Å². The van der Waals surface area contributed by atoms with Crippen LogP contribution in [0.3, 0.4) is 0 Å². The van der Waals surface area contributed by atoms with Gasteiger partial charge in [0.1, 0.15) is 0 Å². The van der Waals surface area contributed by atoms with Crippen molar-refractivity contribution in [3.63, 3.8) is 0 Å². The van der Waals surface area contributed by atoms with E-state index in [1.807, 2.05) is 36.4 Å². The molecule has 3 aromatic rings. The second-order valence-electron chi connectivity index (χ2n) is 6.48. The SMILES string of the molecule is Cc1cccc(-n2c(SCC(C)C)nc3ccccc3c2=O)c1C. The smallest absolute Gasteiger partial charge is 0.266 e. The lowest BCUT2D eigenvalue weighted by Gasteiger charge is -2.16. The van der Waals surface area contributed by atoms with Gasteiger partial charge in [-0.15, -0.1) is 0 Å². The second kappa shape index (κ2) is 6.81. The predicted octanol–water partition coefficient (Wildman–Crippen LogP) is 4.75. The Kier molecular flexibility index (Phi) is 4.76. The van der Waals surface area contributed by atoms with Gasteiger partial charge < -0.3 is 0 Å². The molecule has 0 N–H and O–H groups in total. The van der Waals surface area contributed by atoms with E-state index in [1.54, 1.807) is 16.3 Å². The quantitative estimate of drug-likeness (QED) is 0.508. The van der Waals surface area contributed by atoms with Gasteiger partial charge in [-0.2, -0.15) is 0 Å². The summed E-state index contributed by atoms with van der Waals surface area (Å²) in [6.45, 7) is 8.48. The lowest BCUT2D eigenvalue weighted by Crippen LogP contribution is -2.23. The molecule has 0 atom stereocenters. The summed E-state index contributed by atoms with van der Waals surface area (Å²) in [5.74, 6) is 1.46. The minimum absolute atomic E-state index is 0.000515. The number of benzene rings is 2. The second-order valence-corrected chi connectivity index (χ2v) is 7.46. The van der Waals surface area contributed by atoms with Crippen LogP contribution in [0.15, 0.2) is 52.4 Å². The summed E-state index contributed by atoms with van der Waals surface area (Å²) in [4.78, 5) is 17.9. The van der Waals surface area contributed by atoms with Crippen LogP contribution < -0.4 is 5.56 Å². The molecule has 124 valence electrons. The fraction of sp³-hybridized carbons (Fsp3) is 0.300. The van der Waals surface area contributed by atoms with Crippen molar-refractivity contribution < 1.29 is 0 Å². The molecule has 2 aromatic carbocycles. The average molecular weight is 338 g/mol. The fourth-order valence-corrected chi connectivity index (χ4v) is 3.60. The minimum atomic E-state index is 0.000515. The molecule has 24 heavy (non-hydrogen) atoms. The van der Waals surface area contributed by atoms with Crippen LogP contribution in [0.5, 0.6) is 0 Å². The van der Waals surface area contributed by atoms with E-state index in [1.165, 1.54) is 5.56 Å². The van der Waals surface area contributed by atoms with E-state index in [2.05, 4.69) is 33.8 Å². The first kappa shape index (κ1) is 16.8. The van der Waals surface area contributed by atoms with Crippen LogP contribution in [-0.4, -0.2) is 15.3 Å². The number of thioether (sulfide) groups is 1. The van der Waals surface area contributed by atoms with Gasteiger partial charge in [-0.3, -0.25) is 9.36 Å². The molecule has 0 aliphatic carbocycles. The number of nitrogens with zero attached hydrogens (tertiary/aromatic N) is 2. The van der Waals surface area contributed by atoms with Gasteiger partial charge in [0.15, 0.2) is 5.16 Å². The first-order valence-corrected chi connectivity index (χ1v) is 9.18. The summed E-state index contributed by atoms with van der Waals surface area (Å²) in [6, 6.07) is 13.6. The molecule has 1 heterocycles. The van der Waals surface area contributed by atoms with Crippen molar-refractivity contribution in [3.8, 4) is 5.69 Å². The Morgan fingerprint density at radius 2 is 1.83 bits per heavy atom. The van der Waals surface area contributed by atoms with Crippen molar-refractivity contribution in [1.82, 2.24) is 9.55 Å². The molecule has 0 radical (unpaired) electrons. The van der Waals surface area contributed by atoms with Crippen molar-refractivity contribution in [3.05, 3.63) is 63.9 Å². The molecule has 0 aliphatic heterocycles. The summed E-state index contributed by atoms with van der Waals surface area (Å²) in [7, 11) is 0. The molecule has 1 aromatic heterocycles. The van der Waals surface area contributed by atoms with E-state index in [0.29, 0.717) is 11.3 Å². The number of fused-ring (bicyclic) bond motifs is 1. The van der Waals surface area contributed by atoms with E-state index in [9.17, 15) is 4.79 Å². The largest absolute Gasteiger partial charge is 0.268 e. The lowest BCUT2D eigenvalue weighted by atomic mass is 10.1. The van der Waals surface area contributed by atoms with Crippen LogP contribution >= 0.6 is 11.8 Å². The minimum Gasteiger partial charge on any atom is -0.268 e. The molecule has 3 nitrogen and oxygen atoms in total. The van der Waals surface area contributed by atoms with Crippen LogP contribution in [0.25, 0.3) is 16.6 Å². The molecule has 0 spiro atoms. The number of aryl methyl sites for hydroxylation is 1. The third-order valence-corrected chi connectivity index (χ3v) is 5.47. The van der Waals surface area contributed by atoms with E-state index < -0.39 is 0 Å². The van der Waals surface area contributed by atoms with Gasteiger partial charge in [-0.25, -0.2) is 4.98 Å². The van der Waals surface area contributed by atoms with Crippen molar-refractivity contribution in [2.45, 2.75) is 32.9 Å². The maximum atomic E-state index is 13.2. The van der Waals surface area contributed by atoms with Crippen molar-refractivity contribution in [1.29, 1.82) is 0 Å². The van der Waals surface area contributed by atoms with Gasteiger partial charge in [0, 0.05) is 5.75 Å². The molecule has 0 saturated heterocycles. The molecule has 0 saturated carbocycles. The summed E-state index contributed by atoms with van der Waals surface area (Å²) < 4.78 is 1.78. The fourth-order valence-electron chi connectivity index (χ4n) is 2.64. The van der Waals surface area contributed by atoms with Gasteiger partial charge in [0.05, 0.1) is 16.6 Å². The van der Waals surface area contributed by atoms with E-state index in [-0.39, 0.29) is 5.56 Å². The summed E-state index contributed by atoms with van der Waals surface area (Å²) >= 11 is 1.65. The van der Waals surface area contributed by atoms with Gasteiger partial charge in [-0.05, 0) is 49.1 Å². The zero-order chi connectivity index (χ0) is 17.3. The zero-order valence-electron chi connectivity index (χ0n) is 14.5. The van der Waals surface area contributed by atoms with Crippen molar-refractivity contribution in [2.24, 2.45) is 5.92 Å². The molecule has 0 fully saturated rings. The predicted molar refractivity (Wildman–Crippen MR) is 102 cm³/mol. The maximum absolute atomic E-state index is 13.2. The van der Waals surface area contributed by atoms with Gasteiger partial charge in [0.25, 0.3) is 5.56 Å². The molecule has 0 amide bonds. The highest BCUT2D eigenvalue weighted by atomic mass is 32.2. The third-order valence-electron chi connectivity index (χ3n) is 4.11. The van der Waals surface area contributed by atoms with Crippen LogP contribution in [0.4, 0.5) is 0 Å². The van der Waals surface area contributed by atoms with Gasteiger partial charge in [-0.1, -0.05) is 49.9 Å². The molecular weight excluding hydrogens is 316 g/mol. The van der Waals surface area contributed by atoms with Gasteiger partial charge >= 0.3 is 0 Å². The molecular formula is C20H22N2OS. The molecule has 0 aliphatic rings. The van der Waals surface area contributed by atoms with Crippen molar-refractivity contribution in [2.75, 3.05) is 5.75 Å². The van der Waals surface area contributed by atoms with Crippen LogP contribution in [-0.2, 0) is 0 Å². The highest BCUT2D eigenvalue weighted by Crippen LogP contribution is 2.25. The third kappa shape index (κ3) is 3.11. The Hall–Kier alpha value is -2.07. The zero-order valence-corrected chi connectivity index (χ0v) is 15.4. The lowest BCUT2D eigenvalue weighted by molar-refractivity contribution is 0.742. The summed E-state index contributed by atoms with van der Waals surface area (Å²) in [6.07, 6.45) is 0. The monoisotopic (exact) mass is 338 g/mol. The number of hydrogen-bond donors (Lipinski definition) is 0. The maximum Gasteiger partial charge on any atom is 0.266 e. The Morgan fingerprint density at radius 1 is 1.08 bits per heavy atom. The normalized spacial score (nSPS) is 11.4. The first-order chi connectivity index (χ1) is 11.5. The highest BCUT2D eigenvalue weighted by Gasteiger charge is 2.15. The number of aromatic nitrogens is 2. The van der Waals surface area contributed by atoms with E-state index in [0.717, 1.165) is 27.7 Å². The molecule has 0 unspecified atom stereocenters. The number of rotatable bonds is 4. The highest BCUT2D eigenvalue weighted by molar-refractivity contribution is 7.99.